The van der Waals surface area contributed by atoms with Crippen LogP contribution in [0.4, 0.5) is 0 Å². The predicted octanol–water partition coefficient (Wildman–Crippen LogP) is 3.40. The Morgan fingerprint density at radius 2 is 2.11 bits per heavy atom. The van der Waals surface area contributed by atoms with Crippen molar-refractivity contribution in [1.29, 1.82) is 0 Å². The number of nitrogens with one attached hydrogen (secondary N) is 1. The van der Waals surface area contributed by atoms with E-state index in [0.717, 1.165) is 38.3 Å². The molecule has 0 aliphatic carbocycles. The van der Waals surface area contributed by atoms with E-state index in [9.17, 15) is 4.79 Å². The Kier molecular flexibility index (Phi) is 6.29. The highest BCUT2D eigenvalue weighted by molar-refractivity contribution is 5.94. The molecular weight excluding hydrogens is 356 g/mol. The van der Waals surface area contributed by atoms with Crippen LogP contribution in [0.2, 0.25) is 0 Å². The third-order valence-corrected chi connectivity index (χ3v) is 5.47. The molecule has 2 aliphatic heterocycles. The van der Waals surface area contributed by atoms with Gasteiger partial charge in [-0.2, -0.15) is 0 Å². The van der Waals surface area contributed by atoms with Crippen LogP contribution in [0.25, 0.3) is 0 Å². The van der Waals surface area contributed by atoms with Gasteiger partial charge in [-0.1, -0.05) is 6.07 Å². The van der Waals surface area contributed by atoms with Gasteiger partial charge < -0.3 is 19.2 Å². The summed E-state index contributed by atoms with van der Waals surface area (Å²) < 4.78 is 17.0. The molecule has 0 unspecified atom stereocenters. The van der Waals surface area contributed by atoms with Crippen molar-refractivity contribution in [3.8, 4) is 5.75 Å². The number of likely N-dealkylation sites (tertiary alicyclic amines) is 1. The van der Waals surface area contributed by atoms with E-state index in [0.29, 0.717) is 24.5 Å². The standard InChI is InChI=1S/C22H28N2O4/c25-22(17-6-3-7-18(14-17)28-16-19-8-4-12-26-19)23-15-20(21-9-5-13-27-21)24-10-1-2-11-24/h3,5-7,9,13-14,19-20H,1-2,4,8,10-12,15-16H2,(H,23,25)/t19-,20-/m1/s1. The zero-order chi connectivity index (χ0) is 19.2. The third-order valence-electron chi connectivity index (χ3n) is 5.47. The maximum Gasteiger partial charge on any atom is 0.251 e. The van der Waals surface area contributed by atoms with E-state index in [2.05, 4.69) is 10.2 Å². The first-order valence-electron chi connectivity index (χ1n) is 10.2. The highest BCUT2D eigenvalue weighted by Crippen LogP contribution is 2.25. The van der Waals surface area contributed by atoms with E-state index in [-0.39, 0.29) is 18.1 Å². The maximum atomic E-state index is 12.7. The van der Waals surface area contributed by atoms with Gasteiger partial charge in [-0.25, -0.2) is 0 Å². The third kappa shape index (κ3) is 4.75. The molecule has 1 N–H and O–H groups in total. The second-order valence-electron chi connectivity index (χ2n) is 7.46. The van der Waals surface area contributed by atoms with Crippen LogP contribution in [-0.2, 0) is 4.74 Å². The molecule has 28 heavy (non-hydrogen) atoms. The van der Waals surface area contributed by atoms with Crippen molar-refractivity contribution < 1.29 is 18.7 Å². The molecule has 1 aromatic carbocycles. The van der Waals surface area contributed by atoms with Crippen LogP contribution in [0.5, 0.6) is 5.75 Å². The highest BCUT2D eigenvalue weighted by Gasteiger charge is 2.26. The van der Waals surface area contributed by atoms with Crippen LogP contribution in [0.1, 0.15) is 47.8 Å². The topological polar surface area (TPSA) is 63.9 Å². The van der Waals surface area contributed by atoms with Crippen LogP contribution in [0, 0.1) is 0 Å². The van der Waals surface area contributed by atoms with Crippen molar-refractivity contribution in [2.75, 3.05) is 32.8 Å². The average molecular weight is 384 g/mol. The minimum atomic E-state index is -0.0988. The van der Waals surface area contributed by atoms with Gasteiger partial charge >= 0.3 is 0 Å². The summed E-state index contributed by atoms with van der Waals surface area (Å²) in [5.74, 6) is 1.50. The highest BCUT2D eigenvalue weighted by atomic mass is 16.5. The zero-order valence-corrected chi connectivity index (χ0v) is 16.1. The van der Waals surface area contributed by atoms with E-state index in [1.807, 2.05) is 30.3 Å². The fraction of sp³-hybridized carbons (Fsp3) is 0.500. The average Bonchev–Trinajstić information content (AvgIpc) is 3.50. The lowest BCUT2D eigenvalue weighted by Crippen LogP contribution is -2.36. The smallest absolute Gasteiger partial charge is 0.251 e. The van der Waals surface area contributed by atoms with E-state index < -0.39 is 0 Å². The minimum absolute atomic E-state index is 0.0698. The van der Waals surface area contributed by atoms with E-state index >= 15 is 0 Å². The molecule has 2 aliphatic rings. The molecule has 3 heterocycles. The summed E-state index contributed by atoms with van der Waals surface area (Å²) in [6.45, 7) is 3.93. The molecule has 2 fully saturated rings. The molecule has 6 heteroatoms. The number of benzene rings is 1. The zero-order valence-electron chi connectivity index (χ0n) is 16.1. The Balaban J connectivity index is 1.35. The number of ether oxygens (including phenoxy) is 2. The molecule has 1 amide bonds. The molecule has 2 atom stereocenters. The number of carbonyl (C=O) groups is 1. The number of carbonyl (C=O) groups excluding carboxylic acids is 1. The first-order chi connectivity index (χ1) is 13.8. The van der Waals surface area contributed by atoms with E-state index in [4.69, 9.17) is 13.9 Å². The Labute approximate surface area is 165 Å². The molecule has 2 saturated heterocycles. The van der Waals surface area contributed by atoms with Crippen LogP contribution < -0.4 is 10.1 Å². The summed E-state index contributed by atoms with van der Waals surface area (Å²) in [6.07, 6.45) is 6.35. The largest absolute Gasteiger partial charge is 0.491 e. The number of furan rings is 1. The molecule has 150 valence electrons. The second kappa shape index (κ2) is 9.26. The molecule has 1 aromatic heterocycles. The van der Waals surface area contributed by atoms with Gasteiger partial charge in [-0.15, -0.1) is 0 Å². The van der Waals surface area contributed by atoms with Gasteiger partial charge in [-0.3, -0.25) is 9.69 Å². The van der Waals surface area contributed by atoms with Gasteiger partial charge in [0.1, 0.15) is 18.1 Å². The summed E-state index contributed by atoms with van der Waals surface area (Å²) in [4.78, 5) is 15.1. The Bertz CT molecular complexity index is 750. The summed E-state index contributed by atoms with van der Waals surface area (Å²) in [6, 6.07) is 11.3. The summed E-state index contributed by atoms with van der Waals surface area (Å²) >= 11 is 0. The van der Waals surface area contributed by atoms with Crippen LogP contribution in [-0.4, -0.2) is 49.8 Å². The number of rotatable bonds is 8. The van der Waals surface area contributed by atoms with Crippen LogP contribution in [0.15, 0.2) is 47.1 Å². The van der Waals surface area contributed by atoms with Gasteiger partial charge in [-0.05, 0) is 69.1 Å². The van der Waals surface area contributed by atoms with Gasteiger partial charge in [0.15, 0.2) is 0 Å². The quantitative estimate of drug-likeness (QED) is 0.756. The lowest BCUT2D eigenvalue weighted by Gasteiger charge is -2.26. The number of amides is 1. The summed E-state index contributed by atoms with van der Waals surface area (Å²) in [5, 5.41) is 3.07. The van der Waals surface area contributed by atoms with Crippen molar-refractivity contribution in [3.63, 3.8) is 0 Å². The first kappa shape index (κ1) is 19.0. The predicted molar refractivity (Wildman–Crippen MR) is 106 cm³/mol. The van der Waals surface area contributed by atoms with Gasteiger partial charge in [0, 0.05) is 18.7 Å². The summed E-state index contributed by atoms with van der Waals surface area (Å²) in [7, 11) is 0. The van der Waals surface area contributed by atoms with Gasteiger partial charge in [0.25, 0.3) is 5.91 Å². The second-order valence-corrected chi connectivity index (χ2v) is 7.46. The Morgan fingerprint density at radius 3 is 2.86 bits per heavy atom. The molecule has 6 nitrogen and oxygen atoms in total. The van der Waals surface area contributed by atoms with Gasteiger partial charge in [0.2, 0.25) is 0 Å². The molecular formula is C22H28N2O4. The van der Waals surface area contributed by atoms with Crippen molar-refractivity contribution in [2.45, 2.75) is 37.8 Å². The monoisotopic (exact) mass is 384 g/mol. The normalized spacial score (nSPS) is 20.9. The molecule has 4 rings (SSSR count). The molecule has 0 radical (unpaired) electrons. The summed E-state index contributed by atoms with van der Waals surface area (Å²) in [5.41, 5.74) is 0.601. The van der Waals surface area contributed by atoms with Crippen molar-refractivity contribution in [2.24, 2.45) is 0 Å². The fourth-order valence-electron chi connectivity index (χ4n) is 3.93. The fourth-order valence-corrected chi connectivity index (χ4v) is 3.93. The molecule has 0 spiro atoms. The lowest BCUT2D eigenvalue weighted by atomic mass is 10.1. The first-order valence-corrected chi connectivity index (χ1v) is 10.2. The molecule has 0 bridgehead atoms. The van der Waals surface area contributed by atoms with Crippen LogP contribution in [0.3, 0.4) is 0 Å². The van der Waals surface area contributed by atoms with Crippen LogP contribution >= 0.6 is 0 Å². The SMILES string of the molecule is O=C(NC[C@H](c1ccco1)N1CCCC1)c1cccc(OC[C@H]2CCCO2)c1. The number of hydrogen-bond acceptors (Lipinski definition) is 5. The van der Waals surface area contributed by atoms with Gasteiger partial charge in [0.05, 0.1) is 18.4 Å². The van der Waals surface area contributed by atoms with E-state index in [1.54, 1.807) is 12.3 Å². The minimum Gasteiger partial charge on any atom is -0.491 e. The lowest BCUT2D eigenvalue weighted by molar-refractivity contribution is 0.0679. The van der Waals surface area contributed by atoms with Crippen molar-refractivity contribution in [3.05, 3.63) is 54.0 Å². The number of nitrogens with zero attached hydrogens (tertiary/aromatic N) is 1. The molecule has 2 aromatic rings. The van der Waals surface area contributed by atoms with E-state index in [1.165, 1.54) is 12.8 Å². The Hall–Kier alpha value is -2.31. The Morgan fingerprint density at radius 1 is 1.21 bits per heavy atom. The maximum absolute atomic E-state index is 12.7. The molecule has 0 saturated carbocycles. The van der Waals surface area contributed by atoms with Crippen molar-refractivity contribution >= 4 is 5.91 Å². The van der Waals surface area contributed by atoms with Crippen molar-refractivity contribution in [1.82, 2.24) is 10.2 Å². The number of hydrogen-bond donors (Lipinski definition) is 1.